The summed E-state index contributed by atoms with van der Waals surface area (Å²) >= 11 is 0. The van der Waals surface area contributed by atoms with Gasteiger partial charge in [0.25, 0.3) is 0 Å². The number of halogens is 5. The highest BCUT2D eigenvalue weighted by molar-refractivity contribution is 4.95. The summed E-state index contributed by atoms with van der Waals surface area (Å²) in [5.74, 6) is 0.966. The average Bonchev–Trinajstić information content (AvgIpc) is 2.58. The molecule has 0 bridgehead atoms. The first-order valence-corrected chi connectivity index (χ1v) is 10.2. The van der Waals surface area contributed by atoms with Gasteiger partial charge in [0.2, 0.25) is 0 Å². The van der Waals surface area contributed by atoms with Gasteiger partial charge >= 0.3 is 6.61 Å². The molecule has 26 heavy (non-hydrogen) atoms. The fraction of sp³-hybridized carbons (Fsp3) is 1.00. The van der Waals surface area contributed by atoms with E-state index < -0.39 is 37.1 Å². The van der Waals surface area contributed by atoms with Crippen LogP contribution in [0.4, 0.5) is 22.0 Å². The molecule has 1 nitrogen and oxygen atoms in total. The summed E-state index contributed by atoms with van der Waals surface area (Å²) in [6.45, 7) is -0.921. The van der Waals surface area contributed by atoms with Gasteiger partial charge in [0.1, 0.15) is 24.6 Å². The normalized spacial score (nSPS) is 47.9. The quantitative estimate of drug-likeness (QED) is 0.521. The molecule has 0 aromatic carbocycles. The molecule has 6 heteroatoms. The van der Waals surface area contributed by atoms with E-state index in [1.165, 1.54) is 25.7 Å². The zero-order valence-electron chi connectivity index (χ0n) is 15.4. The van der Waals surface area contributed by atoms with E-state index >= 15 is 0 Å². The highest BCUT2D eigenvalue weighted by Gasteiger charge is 2.46. The van der Waals surface area contributed by atoms with Crippen molar-refractivity contribution in [2.75, 3.05) is 0 Å². The second-order valence-corrected chi connectivity index (χ2v) is 8.90. The molecule has 3 saturated carbocycles. The summed E-state index contributed by atoms with van der Waals surface area (Å²) in [6, 6.07) is 0. The maximum absolute atomic E-state index is 14.9. The Balaban J connectivity index is 1.53. The summed E-state index contributed by atoms with van der Waals surface area (Å²) in [6.07, 6.45) is 0.338. The Hall–Kier alpha value is -0.390. The summed E-state index contributed by atoms with van der Waals surface area (Å²) in [5.41, 5.74) is 0. The summed E-state index contributed by atoms with van der Waals surface area (Å²) in [4.78, 5) is 0. The maximum Gasteiger partial charge on any atom is 0.345 e. The van der Waals surface area contributed by atoms with E-state index in [9.17, 15) is 22.0 Å². The van der Waals surface area contributed by atoms with Crippen LogP contribution >= 0.6 is 0 Å². The van der Waals surface area contributed by atoms with Crippen LogP contribution in [0, 0.1) is 29.6 Å². The molecule has 5 atom stereocenters. The first kappa shape index (κ1) is 20.3. The molecule has 152 valence electrons. The molecule has 0 spiro atoms. The molecular weight excluding hydrogens is 351 g/mol. The Kier molecular flexibility index (Phi) is 6.84. The molecular formula is C20H31F5O. The van der Waals surface area contributed by atoms with Crippen LogP contribution in [-0.2, 0) is 4.74 Å². The summed E-state index contributed by atoms with van der Waals surface area (Å²) in [7, 11) is 0. The third-order valence-electron chi connectivity index (χ3n) is 7.22. The maximum atomic E-state index is 14.9. The van der Waals surface area contributed by atoms with Crippen molar-refractivity contribution in [1.82, 2.24) is 0 Å². The van der Waals surface area contributed by atoms with Crippen LogP contribution in [0.3, 0.4) is 0 Å². The molecule has 3 aliphatic rings. The first-order chi connectivity index (χ1) is 12.3. The van der Waals surface area contributed by atoms with Crippen molar-refractivity contribution >= 4 is 0 Å². The minimum absolute atomic E-state index is 0.0749. The number of ether oxygens (including phenoxy) is 1. The lowest BCUT2D eigenvalue weighted by Gasteiger charge is -2.44. The summed E-state index contributed by atoms with van der Waals surface area (Å²) in [5, 5.41) is 0. The van der Waals surface area contributed by atoms with Crippen molar-refractivity contribution < 1.29 is 26.7 Å². The molecule has 0 aromatic heterocycles. The number of hydrogen-bond donors (Lipinski definition) is 0. The van der Waals surface area contributed by atoms with E-state index in [-0.39, 0.29) is 18.8 Å². The second kappa shape index (κ2) is 8.74. The van der Waals surface area contributed by atoms with E-state index in [0.717, 1.165) is 12.3 Å². The molecule has 3 aliphatic carbocycles. The van der Waals surface area contributed by atoms with E-state index in [1.54, 1.807) is 0 Å². The first-order valence-electron chi connectivity index (χ1n) is 10.2. The van der Waals surface area contributed by atoms with Crippen LogP contribution in [-0.4, -0.2) is 31.2 Å². The molecule has 5 unspecified atom stereocenters. The van der Waals surface area contributed by atoms with E-state index in [4.69, 9.17) is 0 Å². The zero-order chi connectivity index (χ0) is 18.8. The third kappa shape index (κ3) is 4.71. The highest BCUT2D eigenvalue weighted by Crippen LogP contribution is 2.47. The molecule has 0 saturated heterocycles. The van der Waals surface area contributed by atoms with Gasteiger partial charge in [0.15, 0.2) is 0 Å². The average molecular weight is 382 g/mol. The Morgan fingerprint density at radius 3 is 1.77 bits per heavy atom. The molecule has 0 N–H and O–H groups in total. The minimum Gasteiger partial charge on any atom is -0.313 e. The van der Waals surface area contributed by atoms with Crippen molar-refractivity contribution in [1.29, 1.82) is 0 Å². The molecule has 0 heterocycles. The molecule has 3 rings (SSSR count). The largest absolute Gasteiger partial charge is 0.345 e. The summed E-state index contributed by atoms with van der Waals surface area (Å²) < 4.78 is 72.0. The van der Waals surface area contributed by atoms with Crippen molar-refractivity contribution in [2.45, 2.75) is 95.9 Å². The molecule has 0 aliphatic heterocycles. The van der Waals surface area contributed by atoms with Gasteiger partial charge in [-0.2, -0.15) is 8.78 Å². The van der Waals surface area contributed by atoms with Gasteiger partial charge in [-0.3, -0.25) is 0 Å². The standard InChI is InChI=1S/C20H31F5O/c1-11-2-4-12(5-3-11)13-6-7-15(16(21)8-13)14-9-17(22)19(18(23)10-14)26-20(24)25/h11-20H,2-10H2,1H3. The lowest BCUT2D eigenvalue weighted by Crippen LogP contribution is -2.47. The van der Waals surface area contributed by atoms with Gasteiger partial charge in [-0.25, -0.2) is 13.2 Å². The van der Waals surface area contributed by atoms with Crippen molar-refractivity contribution in [3.8, 4) is 0 Å². The predicted molar refractivity (Wildman–Crippen MR) is 90.2 cm³/mol. The van der Waals surface area contributed by atoms with Crippen molar-refractivity contribution in [2.24, 2.45) is 29.6 Å². The molecule has 3 fully saturated rings. The number of rotatable bonds is 4. The van der Waals surface area contributed by atoms with Crippen LogP contribution in [0.2, 0.25) is 0 Å². The zero-order valence-corrected chi connectivity index (χ0v) is 15.4. The Labute approximate surface area is 153 Å². The Morgan fingerprint density at radius 1 is 0.692 bits per heavy atom. The molecule has 0 amide bonds. The predicted octanol–water partition coefficient (Wildman–Crippen LogP) is 6.26. The van der Waals surface area contributed by atoms with Gasteiger partial charge in [-0.05, 0) is 74.5 Å². The van der Waals surface area contributed by atoms with Crippen LogP contribution in [0.1, 0.15) is 64.7 Å². The van der Waals surface area contributed by atoms with E-state index in [0.29, 0.717) is 24.7 Å². The van der Waals surface area contributed by atoms with Gasteiger partial charge in [-0.1, -0.05) is 19.8 Å². The smallest absolute Gasteiger partial charge is 0.313 e. The monoisotopic (exact) mass is 382 g/mol. The second-order valence-electron chi connectivity index (χ2n) is 8.90. The lowest BCUT2D eigenvalue weighted by atomic mass is 9.64. The molecule has 0 radical (unpaired) electrons. The SMILES string of the molecule is CC1CCC(C2CCC(C3CC(F)C(OC(F)F)C(F)C3)C(F)C2)CC1. The topological polar surface area (TPSA) is 9.23 Å². The van der Waals surface area contributed by atoms with Gasteiger partial charge in [0.05, 0.1) is 0 Å². The van der Waals surface area contributed by atoms with Crippen LogP contribution in [0.25, 0.3) is 0 Å². The molecule has 0 aromatic rings. The van der Waals surface area contributed by atoms with Gasteiger partial charge in [-0.15, -0.1) is 0 Å². The van der Waals surface area contributed by atoms with E-state index in [1.807, 2.05) is 0 Å². The van der Waals surface area contributed by atoms with Gasteiger partial charge < -0.3 is 4.74 Å². The third-order valence-corrected chi connectivity index (χ3v) is 7.22. The van der Waals surface area contributed by atoms with Gasteiger partial charge in [0, 0.05) is 0 Å². The van der Waals surface area contributed by atoms with Crippen molar-refractivity contribution in [3.63, 3.8) is 0 Å². The Morgan fingerprint density at radius 2 is 1.23 bits per heavy atom. The van der Waals surface area contributed by atoms with Crippen LogP contribution < -0.4 is 0 Å². The van der Waals surface area contributed by atoms with Crippen LogP contribution in [0.15, 0.2) is 0 Å². The number of hydrogen-bond acceptors (Lipinski definition) is 1. The minimum atomic E-state index is -3.18. The lowest BCUT2D eigenvalue weighted by molar-refractivity contribution is -0.209. The fourth-order valence-corrected chi connectivity index (χ4v) is 5.69. The van der Waals surface area contributed by atoms with E-state index in [2.05, 4.69) is 11.7 Å². The van der Waals surface area contributed by atoms with Crippen LogP contribution in [0.5, 0.6) is 0 Å². The number of alkyl halides is 5. The Bertz CT molecular complexity index is 428. The highest BCUT2D eigenvalue weighted by atomic mass is 19.3. The fourth-order valence-electron chi connectivity index (χ4n) is 5.69. The van der Waals surface area contributed by atoms with Crippen molar-refractivity contribution in [3.05, 3.63) is 0 Å².